The fourth-order valence-corrected chi connectivity index (χ4v) is 2.08. The van der Waals surface area contributed by atoms with Gasteiger partial charge in [0.15, 0.2) is 0 Å². The number of anilines is 3. The van der Waals surface area contributed by atoms with Crippen molar-refractivity contribution in [2.24, 2.45) is 0 Å². The van der Waals surface area contributed by atoms with E-state index in [2.05, 4.69) is 32.3 Å². The molecule has 0 bridgehead atoms. The minimum atomic E-state index is 0.503. The van der Waals surface area contributed by atoms with Crippen molar-refractivity contribution < 1.29 is 0 Å². The van der Waals surface area contributed by atoms with Crippen LogP contribution >= 0.6 is 11.6 Å². The second kappa shape index (κ2) is 5.89. The number of nitrogens with one attached hydrogen (secondary N) is 1. The van der Waals surface area contributed by atoms with Crippen molar-refractivity contribution in [2.75, 3.05) is 24.3 Å². The number of hydrogen-bond acceptors (Lipinski definition) is 4. The summed E-state index contributed by atoms with van der Waals surface area (Å²) in [7, 11) is 4.02. The van der Waals surface area contributed by atoms with Crippen LogP contribution in [0.1, 0.15) is 12.5 Å². The predicted octanol–water partition coefficient (Wildman–Crippen LogP) is 3.50. The number of aromatic nitrogens is 2. The number of rotatable bonds is 4. The van der Waals surface area contributed by atoms with E-state index in [0.29, 0.717) is 5.15 Å². The summed E-state index contributed by atoms with van der Waals surface area (Å²) in [5.74, 6) is 0.762. The topological polar surface area (TPSA) is 41.1 Å². The molecule has 1 heterocycles. The Bertz CT molecular complexity index is 569. The van der Waals surface area contributed by atoms with Crippen LogP contribution in [-0.4, -0.2) is 24.1 Å². The Morgan fingerprint density at radius 3 is 2.74 bits per heavy atom. The Hall–Kier alpha value is -1.81. The van der Waals surface area contributed by atoms with Crippen molar-refractivity contribution in [3.05, 3.63) is 41.3 Å². The van der Waals surface area contributed by atoms with Gasteiger partial charge in [-0.15, -0.1) is 0 Å². The van der Waals surface area contributed by atoms with Gasteiger partial charge in [0.2, 0.25) is 0 Å². The van der Waals surface area contributed by atoms with Gasteiger partial charge in [0, 0.05) is 31.0 Å². The molecule has 1 N–H and O–H groups in total. The highest BCUT2D eigenvalue weighted by Crippen LogP contribution is 2.25. The standard InChI is InChI=1S/C14H17ClN4/c1-4-12-13(15)16-9-17-14(12)18-10-6-5-7-11(8-10)19(2)3/h5-9H,4H2,1-3H3,(H,16,17,18). The molecule has 0 radical (unpaired) electrons. The molecular formula is C14H17ClN4. The molecule has 0 aliphatic heterocycles. The van der Waals surface area contributed by atoms with Crippen LogP contribution in [0.4, 0.5) is 17.2 Å². The second-order valence-corrected chi connectivity index (χ2v) is 4.77. The van der Waals surface area contributed by atoms with Crippen LogP contribution in [0.3, 0.4) is 0 Å². The van der Waals surface area contributed by atoms with Crippen molar-refractivity contribution in [3.63, 3.8) is 0 Å². The molecule has 2 aromatic rings. The van der Waals surface area contributed by atoms with E-state index in [1.165, 1.54) is 6.33 Å². The molecular weight excluding hydrogens is 260 g/mol. The van der Waals surface area contributed by atoms with E-state index in [1.807, 2.05) is 33.2 Å². The molecule has 0 aliphatic carbocycles. The molecule has 0 amide bonds. The van der Waals surface area contributed by atoms with E-state index < -0.39 is 0 Å². The Morgan fingerprint density at radius 1 is 1.26 bits per heavy atom. The highest BCUT2D eigenvalue weighted by molar-refractivity contribution is 6.30. The van der Waals surface area contributed by atoms with Crippen molar-refractivity contribution in [3.8, 4) is 0 Å². The van der Waals surface area contributed by atoms with Gasteiger partial charge in [-0.1, -0.05) is 24.6 Å². The van der Waals surface area contributed by atoms with Gasteiger partial charge >= 0.3 is 0 Å². The molecule has 100 valence electrons. The normalized spacial score (nSPS) is 10.3. The molecule has 2 rings (SSSR count). The van der Waals surface area contributed by atoms with Crippen molar-refractivity contribution >= 4 is 28.8 Å². The Morgan fingerprint density at radius 2 is 2.05 bits per heavy atom. The molecule has 19 heavy (non-hydrogen) atoms. The van der Waals surface area contributed by atoms with Gasteiger partial charge in [0.25, 0.3) is 0 Å². The third-order valence-corrected chi connectivity index (χ3v) is 3.20. The molecule has 0 saturated carbocycles. The lowest BCUT2D eigenvalue weighted by molar-refractivity contribution is 1.05. The summed E-state index contributed by atoms with van der Waals surface area (Å²) in [5.41, 5.74) is 3.04. The molecule has 5 heteroatoms. The Labute approximate surface area is 118 Å². The predicted molar refractivity (Wildman–Crippen MR) is 80.5 cm³/mol. The maximum absolute atomic E-state index is 6.08. The monoisotopic (exact) mass is 276 g/mol. The van der Waals surface area contributed by atoms with Gasteiger partial charge in [-0.3, -0.25) is 0 Å². The van der Waals surface area contributed by atoms with Crippen LogP contribution in [-0.2, 0) is 6.42 Å². The summed E-state index contributed by atoms with van der Waals surface area (Å²) in [5, 5.41) is 3.80. The van der Waals surface area contributed by atoms with Gasteiger partial charge in [0.1, 0.15) is 17.3 Å². The maximum atomic E-state index is 6.08. The first-order valence-electron chi connectivity index (χ1n) is 6.15. The number of halogens is 1. The first kappa shape index (κ1) is 13.6. The summed E-state index contributed by atoms with van der Waals surface area (Å²) >= 11 is 6.08. The largest absolute Gasteiger partial charge is 0.378 e. The van der Waals surface area contributed by atoms with Crippen molar-refractivity contribution in [1.82, 2.24) is 9.97 Å². The third kappa shape index (κ3) is 3.15. The van der Waals surface area contributed by atoms with Crippen molar-refractivity contribution in [1.29, 1.82) is 0 Å². The number of benzene rings is 1. The highest BCUT2D eigenvalue weighted by atomic mass is 35.5. The SMILES string of the molecule is CCc1c(Cl)ncnc1Nc1cccc(N(C)C)c1. The molecule has 1 aromatic carbocycles. The molecule has 0 aliphatic rings. The minimum Gasteiger partial charge on any atom is -0.378 e. The van der Waals surface area contributed by atoms with Crippen LogP contribution in [0.25, 0.3) is 0 Å². The Kier molecular flexibility index (Phi) is 4.22. The quantitative estimate of drug-likeness (QED) is 0.868. The smallest absolute Gasteiger partial charge is 0.138 e. The lowest BCUT2D eigenvalue weighted by Gasteiger charge is -2.15. The van der Waals surface area contributed by atoms with Crippen LogP contribution in [0.2, 0.25) is 5.15 Å². The zero-order valence-corrected chi connectivity index (χ0v) is 12.1. The van der Waals surface area contributed by atoms with Gasteiger partial charge < -0.3 is 10.2 Å². The molecule has 0 atom stereocenters. The fourth-order valence-electron chi connectivity index (χ4n) is 1.81. The van der Waals surface area contributed by atoms with Gasteiger partial charge in [0.05, 0.1) is 0 Å². The summed E-state index contributed by atoms with van der Waals surface area (Å²) in [6.07, 6.45) is 2.26. The summed E-state index contributed by atoms with van der Waals surface area (Å²) in [6, 6.07) is 8.13. The van der Waals surface area contributed by atoms with E-state index in [1.54, 1.807) is 0 Å². The molecule has 0 saturated heterocycles. The first-order valence-corrected chi connectivity index (χ1v) is 6.53. The van der Waals surface area contributed by atoms with E-state index in [9.17, 15) is 0 Å². The first-order chi connectivity index (χ1) is 9.11. The lowest BCUT2D eigenvalue weighted by Crippen LogP contribution is -2.08. The Balaban J connectivity index is 2.31. The van der Waals surface area contributed by atoms with Gasteiger partial charge in [-0.05, 0) is 24.6 Å². The highest BCUT2D eigenvalue weighted by Gasteiger charge is 2.08. The molecule has 0 unspecified atom stereocenters. The van der Waals surface area contributed by atoms with Crippen molar-refractivity contribution in [2.45, 2.75) is 13.3 Å². The summed E-state index contributed by atoms with van der Waals surface area (Å²) in [4.78, 5) is 10.3. The van der Waals surface area contributed by atoms with Crippen LogP contribution < -0.4 is 10.2 Å². The van der Waals surface area contributed by atoms with E-state index in [4.69, 9.17) is 11.6 Å². The van der Waals surface area contributed by atoms with Crippen LogP contribution in [0, 0.1) is 0 Å². The number of nitrogens with zero attached hydrogens (tertiary/aromatic N) is 3. The zero-order chi connectivity index (χ0) is 13.8. The third-order valence-electron chi connectivity index (χ3n) is 2.87. The molecule has 4 nitrogen and oxygen atoms in total. The van der Waals surface area contributed by atoms with Gasteiger partial charge in [-0.25, -0.2) is 9.97 Å². The average molecular weight is 277 g/mol. The molecule has 1 aromatic heterocycles. The van der Waals surface area contributed by atoms with E-state index in [0.717, 1.165) is 29.2 Å². The average Bonchev–Trinajstić information content (AvgIpc) is 2.39. The minimum absolute atomic E-state index is 0.503. The van der Waals surface area contributed by atoms with Crippen LogP contribution in [0.15, 0.2) is 30.6 Å². The summed E-state index contributed by atoms with van der Waals surface area (Å²) < 4.78 is 0. The lowest BCUT2D eigenvalue weighted by atomic mass is 10.2. The molecule has 0 spiro atoms. The van der Waals surface area contributed by atoms with E-state index in [-0.39, 0.29) is 0 Å². The molecule has 0 fully saturated rings. The maximum Gasteiger partial charge on any atom is 0.138 e. The number of hydrogen-bond donors (Lipinski definition) is 1. The second-order valence-electron chi connectivity index (χ2n) is 4.41. The van der Waals surface area contributed by atoms with E-state index >= 15 is 0 Å². The zero-order valence-electron chi connectivity index (χ0n) is 11.3. The van der Waals surface area contributed by atoms with Crippen LogP contribution in [0.5, 0.6) is 0 Å². The summed E-state index contributed by atoms with van der Waals surface area (Å²) in [6.45, 7) is 2.03. The van der Waals surface area contributed by atoms with Gasteiger partial charge in [-0.2, -0.15) is 0 Å². The fraction of sp³-hybridized carbons (Fsp3) is 0.286.